The molecule has 0 bridgehead atoms. The van der Waals surface area contributed by atoms with Gasteiger partial charge in [0.2, 0.25) is 0 Å². The van der Waals surface area contributed by atoms with Crippen molar-refractivity contribution in [1.82, 2.24) is 0 Å². The smallest absolute Gasteiger partial charge is 0.152 e. The van der Waals surface area contributed by atoms with Gasteiger partial charge in [0.25, 0.3) is 0 Å². The van der Waals surface area contributed by atoms with E-state index in [1.165, 1.54) is 54.1 Å². The van der Waals surface area contributed by atoms with Gasteiger partial charge in [0.05, 0.1) is 11.4 Å². The maximum atomic E-state index is 6.40. The fraction of sp³-hybridized carbons (Fsp3) is 0.0244. The number of benzene rings is 7. The molecule has 1 N–H and O–H groups in total. The molecule has 0 aliphatic carbocycles. The van der Waals surface area contributed by atoms with E-state index in [9.17, 15) is 0 Å². The maximum absolute atomic E-state index is 6.40. The number of ether oxygens (including phenoxy) is 1. The van der Waals surface area contributed by atoms with Crippen LogP contribution in [0, 0.1) is 6.92 Å². The summed E-state index contributed by atoms with van der Waals surface area (Å²) < 4.78 is 6.40. The Morgan fingerprint density at radius 1 is 0.622 bits per heavy atom. The highest BCUT2D eigenvalue weighted by Gasteiger charge is 2.35. The van der Waals surface area contributed by atoms with Gasteiger partial charge in [-0.05, 0) is 82.9 Å². The van der Waals surface area contributed by atoms with Crippen LogP contribution in [0.4, 0.5) is 28.4 Å². The lowest BCUT2D eigenvalue weighted by Gasteiger charge is -2.39. The lowest BCUT2D eigenvalue weighted by Crippen LogP contribution is -2.20. The maximum Gasteiger partial charge on any atom is 0.152 e. The number of nitrogens with zero attached hydrogens (tertiary/aromatic N) is 1. The Labute approximate surface area is 266 Å². The summed E-state index contributed by atoms with van der Waals surface area (Å²) in [4.78, 5) is 4.82. The molecule has 0 atom stereocenters. The van der Waals surface area contributed by atoms with Gasteiger partial charge < -0.3 is 15.0 Å². The summed E-state index contributed by atoms with van der Waals surface area (Å²) >= 11 is 1.83. The van der Waals surface area contributed by atoms with Gasteiger partial charge in [-0.25, -0.2) is 0 Å². The van der Waals surface area contributed by atoms with Gasteiger partial charge in [-0.3, -0.25) is 0 Å². The van der Waals surface area contributed by atoms with Gasteiger partial charge >= 0.3 is 0 Å². The molecule has 0 amide bonds. The van der Waals surface area contributed by atoms with E-state index in [0.717, 1.165) is 34.2 Å². The van der Waals surface area contributed by atoms with E-state index in [1.807, 2.05) is 17.8 Å². The molecule has 45 heavy (non-hydrogen) atoms. The average molecular weight is 597 g/mol. The summed E-state index contributed by atoms with van der Waals surface area (Å²) in [5.74, 6) is 1.76. The molecule has 0 fully saturated rings. The van der Waals surface area contributed by atoms with Gasteiger partial charge in [0.1, 0.15) is 5.69 Å². The van der Waals surface area contributed by atoms with Crippen LogP contribution in [-0.4, -0.2) is 0 Å². The molecule has 2 aliphatic rings. The van der Waals surface area contributed by atoms with E-state index in [-0.39, 0.29) is 0 Å². The van der Waals surface area contributed by atoms with Crippen molar-refractivity contribution in [3.8, 4) is 33.8 Å². The first-order valence-electron chi connectivity index (χ1n) is 15.2. The molecule has 7 aromatic rings. The quantitative estimate of drug-likeness (QED) is 0.218. The Morgan fingerprint density at radius 2 is 1.38 bits per heavy atom. The second-order valence-electron chi connectivity index (χ2n) is 11.5. The largest absolute Gasteiger partial charge is 0.453 e. The Hall–Kier alpha value is -5.45. The number of rotatable bonds is 4. The van der Waals surface area contributed by atoms with E-state index in [0.29, 0.717) is 0 Å². The van der Waals surface area contributed by atoms with Crippen molar-refractivity contribution >= 4 is 51.0 Å². The monoisotopic (exact) mass is 596 g/mol. The first kappa shape index (κ1) is 26.0. The molecule has 0 saturated carbocycles. The van der Waals surface area contributed by atoms with Crippen LogP contribution in [0.1, 0.15) is 5.56 Å². The summed E-state index contributed by atoms with van der Waals surface area (Å²) in [5, 5.41) is 6.24. The van der Waals surface area contributed by atoms with Crippen LogP contribution in [0.3, 0.4) is 0 Å². The molecule has 0 saturated heterocycles. The Bertz CT molecular complexity index is 2260. The molecule has 214 valence electrons. The summed E-state index contributed by atoms with van der Waals surface area (Å²) in [6, 6.07) is 51.7. The molecule has 7 aromatic carbocycles. The molecule has 0 unspecified atom stereocenters. The van der Waals surface area contributed by atoms with E-state index in [2.05, 4.69) is 157 Å². The molecular formula is C41H28N2OS. The van der Waals surface area contributed by atoms with Crippen molar-refractivity contribution in [2.24, 2.45) is 0 Å². The van der Waals surface area contributed by atoms with Gasteiger partial charge in [0.15, 0.2) is 11.5 Å². The predicted octanol–water partition coefficient (Wildman–Crippen LogP) is 12.3. The van der Waals surface area contributed by atoms with Crippen LogP contribution in [0.25, 0.3) is 33.0 Å². The molecule has 0 spiro atoms. The second-order valence-corrected chi connectivity index (χ2v) is 12.6. The Balaban J connectivity index is 1.23. The number of fused-ring (bicyclic) bond motifs is 5. The van der Waals surface area contributed by atoms with Crippen molar-refractivity contribution in [1.29, 1.82) is 0 Å². The molecule has 0 radical (unpaired) electrons. The van der Waals surface area contributed by atoms with Crippen LogP contribution < -0.4 is 15.0 Å². The Kier molecular flexibility index (Phi) is 5.97. The summed E-state index contributed by atoms with van der Waals surface area (Å²) in [7, 11) is 0. The highest BCUT2D eigenvalue weighted by atomic mass is 32.2. The van der Waals surface area contributed by atoms with Crippen LogP contribution in [0.15, 0.2) is 155 Å². The van der Waals surface area contributed by atoms with E-state index < -0.39 is 0 Å². The second kappa shape index (κ2) is 10.3. The van der Waals surface area contributed by atoms with Crippen molar-refractivity contribution < 1.29 is 4.74 Å². The minimum atomic E-state index is 0.870. The van der Waals surface area contributed by atoms with Gasteiger partial charge in [-0.15, -0.1) is 0 Å². The topological polar surface area (TPSA) is 24.5 Å². The normalized spacial score (nSPS) is 12.6. The standard InChI is InChI=1S/C41H28N2OS/c1-26-24-32(41-35(25-26)43-34-14-7-8-15-36(34)44-37-16-9-17-38(45-41)40(37)43)39-31-13-6-5-12-29(31)20-23-33(39)42-30-21-18-28(19-22-30)27-10-3-2-4-11-27/h2-25,42H,1H3. The fourth-order valence-electron chi connectivity index (χ4n) is 6.63. The van der Waals surface area contributed by atoms with Gasteiger partial charge in [0, 0.05) is 32.3 Å². The third-order valence-corrected chi connectivity index (χ3v) is 9.83. The van der Waals surface area contributed by atoms with Crippen LogP contribution >= 0.6 is 11.8 Å². The average Bonchev–Trinajstić information content (AvgIpc) is 3.09. The lowest BCUT2D eigenvalue weighted by atomic mass is 9.93. The molecular weight excluding hydrogens is 569 g/mol. The van der Waals surface area contributed by atoms with Crippen LogP contribution in [-0.2, 0) is 0 Å². The molecule has 4 heteroatoms. The summed E-state index contributed by atoms with van der Waals surface area (Å²) in [6.45, 7) is 2.20. The number of aryl methyl sites for hydroxylation is 1. The molecule has 3 nitrogen and oxygen atoms in total. The third-order valence-electron chi connectivity index (χ3n) is 8.65. The van der Waals surface area contributed by atoms with E-state index in [1.54, 1.807) is 0 Å². The number of nitrogens with one attached hydrogen (secondary N) is 1. The fourth-order valence-corrected chi connectivity index (χ4v) is 7.81. The first-order chi connectivity index (χ1) is 22.2. The van der Waals surface area contributed by atoms with E-state index >= 15 is 0 Å². The predicted molar refractivity (Wildman–Crippen MR) is 188 cm³/mol. The minimum Gasteiger partial charge on any atom is -0.453 e. The van der Waals surface area contributed by atoms with Crippen LogP contribution in [0.2, 0.25) is 0 Å². The zero-order valence-corrected chi connectivity index (χ0v) is 25.4. The van der Waals surface area contributed by atoms with Crippen LogP contribution in [0.5, 0.6) is 11.5 Å². The zero-order valence-electron chi connectivity index (χ0n) is 24.6. The van der Waals surface area contributed by atoms with Crippen molar-refractivity contribution in [2.75, 3.05) is 10.2 Å². The number of para-hydroxylation sites is 3. The first-order valence-corrected chi connectivity index (χ1v) is 16.0. The summed E-state index contributed by atoms with van der Waals surface area (Å²) in [5.41, 5.74) is 11.5. The van der Waals surface area contributed by atoms with Gasteiger partial charge in [-0.2, -0.15) is 0 Å². The summed E-state index contributed by atoms with van der Waals surface area (Å²) in [6.07, 6.45) is 0. The molecule has 2 aliphatic heterocycles. The highest BCUT2D eigenvalue weighted by Crippen LogP contribution is 2.62. The minimum absolute atomic E-state index is 0.870. The molecule has 2 heterocycles. The third kappa shape index (κ3) is 4.29. The zero-order chi connectivity index (χ0) is 29.9. The van der Waals surface area contributed by atoms with E-state index in [4.69, 9.17) is 4.74 Å². The molecule has 0 aromatic heterocycles. The van der Waals surface area contributed by atoms with Crippen molar-refractivity contribution in [2.45, 2.75) is 16.7 Å². The van der Waals surface area contributed by atoms with Crippen molar-refractivity contribution in [3.05, 3.63) is 151 Å². The number of hydrogen-bond acceptors (Lipinski definition) is 4. The number of anilines is 5. The van der Waals surface area contributed by atoms with Gasteiger partial charge in [-0.1, -0.05) is 109 Å². The lowest BCUT2D eigenvalue weighted by molar-refractivity contribution is 0.475. The molecule has 9 rings (SSSR count). The highest BCUT2D eigenvalue weighted by molar-refractivity contribution is 8.00. The SMILES string of the molecule is Cc1cc(-c2c(Nc3ccc(-c4ccccc4)cc3)ccc3ccccc23)c2c(c1)N1c3ccccc3Oc3cccc(c31)S2. The number of hydrogen-bond donors (Lipinski definition) is 1. The Morgan fingerprint density at radius 3 is 2.27 bits per heavy atom. The van der Waals surface area contributed by atoms with Crippen molar-refractivity contribution in [3.63, 3.8) is 0 Å².